The molecule has 20 heavy (non-hydrogen) atoms. The number of nitrogens with zero attached hydrogens (tertiary/aromatic N) is 3. The molecule has 1 aromatic carbocycles. The highest BCUT2D eigenvalue weighted by atomic mass is 16.5. The van der Waals surface area contributed by atoms with Crippen LogP contribution in [0.4, 0.5) is 0 Å². The third kappa shape index (κ3) is 3.04. The van der Waals surface area contributed by atoms with Gasteiger partial charge in [0.25, 0.3) is 0 Å². The molecule has 0 saturated carbocycles. The van der Waals surface area contributed by atoms with Crippen molar-refractivity contribution in [2.75, 3.05) is 0 Å². The number of hydrogen-bond acceptors (Lipinski definition) is 4. The first-order valence-electron chi connectivity index (χ1n) is 6.37. The largest absolute Gasteiger partial charge is 0.454 e. The Morgan fingerprint density at radius 1 is 1.45 bits per heavy atom. The third-order valence-corrected chi connectivity index (χ3v) is 2.99. The van der Waals surface area contributed by atoms with Crippen LogP contribution in [0, 0.1) is 11.3 Å². The molecule has 0 aliphatic carbocycles. The molecule has 5 nitrogen and oxygen atoms in total. The quantitative estimate of drug-likeness (QED) is 0.800. The van der Waals surface area contributed by atoms with Crippen molar-refractivity contribution in [2.45, 2.75) is 26.5 Å². The number of nitriles is 1. The van der Waals surface area contributed by atoms with Crippen LogP contribution in [0.15, 0.2) is 36.7 Å². The summed E-state index contributed by atoms with van der Waals surface area (Å²) in [6.07, 6.45) is 2.78. The van der Waals surface area contributed by atoms with Crippen LogP contribution >= 0.6 is 0 Å². The minimum Gasteiger partial charge on any atom is -0.454 e. The predicted molar refractivity (Wildman–Crippen MR) is 72.9 cm³/mol. The van der Waals surface area contributed by atoms with Crippen molar-refractivity contribution in [3.05, 3.63) is 53.3 Å². The Hall–Kier alpha value is -2.61. The molecule has 1 aromatic heterocycles. The fourth-order valence-electron chi connectivity index (χ4n) is 1.77. The van der Waals surface area contributed by atoms with Gasteiger partial charge in [0.1, 0.15) is 6.10 Å². The molecule has 0 aliphatic rings. The van der Waals surface area contributed by atoms with Crippen molar-refractivity contribution in [2.24, 2.45) is 0 Å². The summed E-state index contributed by atoms with van der Waals surface area (Å²) in [7, 11) is 0. The van der Waals surface area contributed by atoms with Crippen LogP contribution in [-0.2, 0) is 11.3 Å². The summed E-state index contributed by atoms with van der Waals surface area (Å²) in [6, 6.07) is 9.02. The number of esters is 1. The van der Waals surface area contributed by atoms with Crippen LogP contribution in [0.3, 0.4) is 0 Å². The molecule has 0 fully saturated rings. The molecule has 0 aliphatic heterocycles. The first kappa shape index (κ1) is 13.8. The Labute approximate surface area is 117 Å². The molecule has 2 aromatic rings. The van der Waals surface area contributed by atoms with Gasteiger partial charge in [0.15, 0.2) is 0 Å². The topological polar surface area (TPSA) is 67.9 Å². The highest BCUT2D eigenvalue weighted by molar-refractivity contribution is 5.88. The Kier molecular flexibility index (Phi) is 4.16. The molecule has 5 heteroatoms. The van der Waals surface area contributed by atoms with Crippen LogP contribution in [0.1, 0.15) is 41.4 Å². The van der Waals surface area contributed by atoms with E-state index in [2.05, 4.69) is 11.2 Å². The van der Waals surface area contributed by atoms with Crippen molar-refractivity contribution in [1.82, 2.24) is 9.78 Å². The van der Waals surface area contributed by atoms with E-state index in [1.807, 2.05) is 6.92 Å². The van der Waals surface area contributed by atoms with Crippen molar-refractivity contribution >= 4 is 5.97 Å². The minimum atomic E-state index is -0.401. The first-order valence-corrected chi connectivity index (χ1v) is 6.37. The summed E-state index contributed by atoms with van der Waals surface area (Å²) < 4.78 is 7.05. The maximum absolute atomic E-state index is 12.0. The Balaban J connectivity index is 2.04. The second kappa shape index (κ2) is 6.02. The van der Waals surface area contributed by atoms with E-state index in [0.717, 1.165) is 5.56 Å². The number of aryl methyl sites for hydroxylation is 1. The van der Waals surface area contributed by atoms with Crippen LogP contribution < -0.4 is 0 Å². The normalized spacial score (nSPS) is 11.7. The maximum Gasteiger partial charge on any atom is 0.341 e. The molecule has 1 heterocycles. The van der Waals surface area contributed by atoms with Gasteiger partial charge < -0.3 is 4.74 Å². The fourth-order valence-corrected chi connectivity index (χ4v) is 1.77. The first-order chi connectivity index (χ1) is 9.63. The lowest BCUT2D eigenvalue weighted by atomic mass is 10.1. The van der Waals surface area contributed by atoms with Gasteiger partial charge in [0.05, 0.1) is 23.4 Å². The van der Waals surface area contributed by atoms with Gasteiger partial charge in [-0.15, -0.1) is 0 Å². The van der Waals surface area contributed by atoms with Crippen molar-refractivity contribution < 1.29 is 9.53 Å². The fraction of sp³-hybridized carbons (Fsp3) is 0.267. The average Bonchev–Trinajstić information content (AvgIpc) is 2.96. The van der Waals surface area contributed by atoms with Crippen LogP contribution in [0.2, 0.25) is 0 Å². The van der Waals surface area contributed by atoms with E-state index in [0.29, 0.717) is 17.7 Å². The number of hydrogen-bond donors (Lipinski definition) is 0. The molecule has 1 unspecified atom stereocenters. The highest BCUT2D eigenvalue weighted by Crippen LogP contribution is 2.19. The Morgan fingerprint density at radius 3 is 2.70 bits per heavy atom. The smallest absolute Gasteiger partial charge is 0.341 e. The molecule has 102 valence electrons. The summed E-state index contributed by atoms with van der Waals surface area (Å²) in [5, 5.41) is 12.8. The number of carbonyl (C=O) groups is 1. The summed E-state index contributed by atoms with van der Waals surface area (Å²) in [5.74, 6) is -0.401. The van der Waals surface area contributed by atoms with Gasteiger partial charge in [-0.05, 0) is 31.5 Å². The number of benzene rings is 1. The molecule has 2 rings (SSSR count). The zero-order valence-electron chi connectivity index (χ0n) is 11.4. The van der Waals surface area contributed by atoms with E-state index in [1.54, 1.807) is 42.1 Å². The summed E-state index contributed by atoms with van der Waals surface area (Å²) in [4.78, 5) is 12.0. The minimum absolute atomic E-state index is 0.375. The molecule has 0 radical (unpaired) electrons. The standard InChI is InChI=1S/C15H15N3O2/c1-3-18-10-14(9-17-18)15(19)20-11(2)13-6-4-12(8-16)5-7-13/h4-7,9-11H,3H2,1-2H3. The molecular weight excluding hydrogens is 254 g/mol. The Bertz CT molecular complexity index is 638. The molecule has 0 amide bonds. The molecule has 0 saturated heterocycles. The summed E-state index contributed by atoms with van der Waals surface area (Å²) >= 11 is 0. The lowest BCUT2D eigenvalue weighted by Crippen LogP contribution is -2.08. The van der Waals surface area contributed by atoms with Crippen molar-refractivity contribution in [3.8, 4) is 6.07 Å². The highest BCUT2D eigenvalue weighted by Gasteiger charge is 2.15. The predicted octanol–water partition coefficient (Wildman–Crippen LogP) is 2.69. The monoisotopic (exact) mass is 269 g/mol. The summed E-state index contributed by atoms with van der Waals surface area (Å²) in [5.41, 5.74) is 1.86. The lowest BCUT2D eigenvalue weighted by molar-refractivity contribution is 0.0338. The number of rotatable bonds is 4. The number of aromatic nitrogens is 2. The number of ether oxygens (including phenoxy) is 1. The van der Waals surface area contributed by atoms with E-state index >= 15 is 0 Å². The lowest BCUT2D eigenvalue weighted by Gasteiger charge is -2.12. The molecule has 0 spiro atoms. The Morgan fingerprint density at radius 2 is 2.15 bits per heavy atom. The SMILES string of the molecule is CCn1cc(C(=O)OC(C)c2ccc(C#N)cc2)cn1. The van der Waals surface area contributed by atoms with Crippen LogP contribution in [-0.4, -0.2) is 15.7 Å². The average molecular weight is 269 g/mol. The zero-order valence-corrected chi connectivity index (χ0v) is 11.4. The van der Waals surface area contributed by atoms with Gasteiger partial charge in [-0.3, -0.25) is 4.68 Å². The van der Waals surface area contributed by atoms with Gasteiger partial charge in [-0.1, -0.05) is 12.1 Å². The second-order valence-electron chi connectivity index (χ2n) is 4.37. The second-order valence-corrected chi connectivity index (χ2v) is 4.37. The number of carbonyl (C=O) groups excluding carboxylic acids is 1. The van der Waals surface area contributed by atoms with Crippen LogP contribution in [0.25, 0.3) is 0 Å². The van der Waals surface area contributed by atoms with Crippen LogP contribution in [0.5, 0.6) is 0 Å². The van der Waals surface area contributed by atoms with E-state index < -0.39 is 5.97 Å². The zero-order chi connectivity index (χ0) is 14.5. The van der Waals surface area contributed by atoms with Crippen molar-refractivity contribution in [3.63, 3.8) is 0 Å². The molecule has 1 atom stereocenters. The van der Waals surface area contributed by atoms with E-state index in [4.69, 9.17) is 10.00 Å². The van der Waals surface area contributed by atoms with E-state index in [-0.39, 0.29) is 6.10 Å². The van der Waals surface area contributed by atoms with Crippen molar-refractivity contribution in [1.29, 1.82) is 5.26 Å². The maximum atomic E-state index is 12.0. The summed E-state index contributed by atoms with van der Waals surface area (Å²) in [6.45, 7) is 4.45. The third-order valence-electron chi connectivity index (χ3n) is 2.99. The van der Waals surface area contributed by atoms with Gasteiger partial charge in [-0.25, -0.2) is 4.79 Å². The van der Waals surface area contributed by atoms with E-state index in [1.165, 1.54) is 6.20 Å². The van der Waals surface area contributed by atoms with Gasteiger partial charge in [-0.2, -0.15) is 10.4 Å². The van der Waals surface area contributed by atoms with Gasteiger partial charge >= 0.3 is 5.97 Å². The van der Waals surface area contributed by atoms with Gasteiger partial charge in [0.2, 0.25) is 0 Å². The molecule has 0 bridgehead atoms. The molecule has 0 N–H and O–H groups in total. The van der Waals surface area contributed by atoms with E-state index in [9.17, 15) is 4.79 Å². The van der Waals surface area contributed by atoms with Gasteiger partial charge in [0, 0.05) is 12.7 Å². The molecular formula is C15H15N3O2.